The van der Waals surface area contributed by atoms with Gasteiger partial charge in [-0.15, -0.1) is 0 Å². The van der Waals surface area contributed by atoms with Crippen molar-refractivity contribution in [2.24, 2.45) is 5.92 Å². The fourth-order valence-corrected chi connectivity index (χ4v) is 3.49. The Kier molecular flexibility index (Phi) is 6.93. The van der Waals surface area contributed by atoms with Crippen molar-refractivity contribution >= 4 is 16.7 Å². The molecule has 1 heterocycles. The summed E-state index contributed by atoms with van der Waals surface area (Å²) < 4.78 is 111. The standard InChI is InChI=1S/C25H15F7O4/c1-12-10-34-24(35-11-12)14-8-19(27)21(20(28)9-14)23(33)36-15-2-3-16-13(6-15)7-18(26)17(22(16)29)4-5-25(30,31)32/h2-3,6-9,12,24H,10-11H2,1H3. The van der Waals surface area contributed by atoms with Gasteiger partial charge in [0.25, 0.3) is 0 Å². The third-order valence-corrected chi connectivity index (χ3v) is 5.14. The van der Waals surface area contributed by atoms with Gasteiger partial charge in [0, 0.05) is 22.8 Å². The topological polar surface area (TPSA) is 44.8 Å². The minimum atomic E-state index is -4.95. The Labute approximate surface area is 199 Å². The predicted octanol–water partition coefficient (Wildman–Crippen LogP) is 6.21. The van der Waals surface area contributed by atoms with E-state index in [4.69, 9.17) is 14.2 Å². The average molecular weight is 512 g/mol. The molecule has 0 aliphatic carbocycles. The van der Waals surface area contributed by atoms with Crippen LogP contribution in [-0.4, -0.2) is 25.4 Å². The van der Waals surface area contributed by atoms with Gasteiger partial charge in [-0.1, -0.05) is 12.8 Å². The van der Waals surface area contributed by atoms with Crippen molar-refractivity contribution in [3.8, 4) is 17.6 Å². The molecule has 1 aliphatic rings. The molecule has 0 aromatic heterocycles. The quantitative estimate of drug-likeness (QED) is 0.181. The lowest BCUT2D eigenvalue weighted by Crippen LogP contribution is -2.25. The van der Waals surface area contributed by atoms with Gasteiger partial charge in [0.15, 0.2) is 6.29 Å². The number of fused-ring (bicyclic) bond motifs is 1. The maximum absolute atomic E-state index is 14.6. The zero-order valence-electron chi connectivity index (χ0n) is 18.3. The van der Waals surface area contributed by atoms with E-state index in [1.54, 1.807) is 0 Å². The number of benzene rings is 3. The first kappa shape index (κ1) is 25.5. The van der Waals surface area contributed by atoms with Crippen molar-refractivity contribution in [1.82, 2.24) is 0 Å². The van der Waals surface area contributed by atoms with Crippen LogP contribution in [0.1, 0.15) is 34.7 Å². The van der Waals surface area contributed by atoms with Crippen LogP contribution in [0.15, 0.2) is 36.4 Å². The highest BCUT2D eigenvalue weighted by Crippen LogP contribution is 2.30. The molecule has 36 heavy (non-hydrogen) atoms. The first-order chi connectivity index (χ1) is 16.9. The van der Waals surface area contributed by atoms with E-state index in [1.165, 1.54) is 5.92 Å². The van der Waals surface area contributed by atoms with Gasteiger partial charge in [-0.2, -0.15) is 13.2 Å². The van der Waals surface area contributed by atoms with E-state index in [-0.39, 0.29) is 28.0 Å². The number of ether oxygens (including phenoxy) is 3. The molecule has 188 valence electrons. The molecular formula is C25H15F7O4. The lowest BCUT2D eigenvalue weighted by atomic mass is 10.0. The van der Waals surface area contributed by atoms with E-state index in [1.807, 2.05) is 6.92 Å². The molecule has 1 fully saturated rings. The third-order valence-electron chi connectivity index (χ3n) is 5.14. The van der Waals surface area contributed by atoms with Crippen LogP contribution in [0.3, 0.4) is 0 Å². The van der Waals surface area contributed by atoms with Gasteiger partial charge >= 0.3 is 12.1 Å². The molecule has 0 bridgehead atoms. The summed E-state index contributed by atoms with van der Waals surface area (Å²) in [6, 6.07) is 5.44. The van der Waals surface area contributed by atoms with Crippen LogP contribution in [0.2, 0.25) is 0 Å². The SMILES string of the molecule is CC1COC(c2cc(F)c(C(=O)Oc3ccc4c(F)c(C#CC(F)(F)F)c(F)cc4c3)c(F)c2)OC1. The first-order valence-electron chi connectivity index (χ1n) is 10.4. The Hall–Kier alpha value is -3.62. The normalized spacial score (nSPS) is 18.0. The maximum Gasteiger partial charge on any atom is 0.458 e. The summed E-state index contributed by atoms with van der Waals surface area (Å²) in [6.45, 7) is 2.50. The Morgan fingerprint density at radius 2 is 1.61 bits per heavy atom. The molecule has 0 amide bonds. The van der Waals surface area contributed by atoms with Gasteiger partial charge in [-0.25, -0.2) is 22.4 Å². The number of esters is 1. The average Bonchev–Trinajstić information content (AvgIpc) is 2.78. The second-order valence-corrected chi connectivity index (χ2v) is 8.03. The van der Waals surface area contributed by atoms with Gasteiger partial charge in [0.1, 0.15) is 34.6 Å². The highest BCUT2D eigenvalue weighted by molar-refractivity contribution is 5.93. The monoisotopic (exact) mass is 512 g/mol. The summed E-state index contributed by atoms with van der Waals surface area (Å²) >= 11 is 0. The van der Waals surface area contributed by atoms with Gasteiger partial charge in [0.05, 0.1) is 18.8 Å². The molecule has 4 nitrogen and oxygen atoms in total. The Morgan fingerprint density at radius 1 is 0.972 bits per heavy atom. The van der Waals surface area contributed by atoms with Crippen molar-refractivity contribution in [1.29, 1.82) is 0 Å². The van der Waals surface area contributed by atoms with Crippen LogP contribution in [0.5, 0.6) is 5.75 Å². The molecule has 1 saturated heterocycles. The molecule has 0 atom stereocenters. The lowest BCUT2D eigenvalue weighted by Gasteiger charge is -2.27. The molecule has 0 spiro atoms. The van der Waals surface area contributed by atoms with E-state index in [0.29, 0.717) is 19.3 Å². The molecule has 0 N–H and O–H groups in total. The Bertz CT molecular complexity index is 1370. The van der Waals surface area contributed by atoms with Crippen molar-refractivity contribution in [3.63, 3.8) is 0 Å². The summed E-state index contributed by atoms with van der Waals surface area (Å²) in [7, 11) is 0. The van der Waals surface area contributed by atoms with E-state index >= 15 is 0 Å². The smallest absolute Gasteiger partial charge is 0.423 e. The highest BCUT2D eigenvalue weighted by atomic mass is 19.4. The van der Waals surface area contributed by atoms with Crippen LogP contribution in [0, 0.1) is 41.0 Å². The largest absolute Gasteiger partial charge is 0.458 e. The minimum Gasteiger partial charge on any atom is -0.423 e. The van der Waals surface area contributed by atoms with Crippen LogP contribution in [-0.2, 0) is 9.47 Å². The fourth-order valence-electron chi connectivity index (χ4n) is 3.49. The van der Waals surface area contributed by atoms with Gasteiger partial charge in [-0.3, -0.25) is 0 Å². The Morgan fingerprint density at radius 3 is 2.22 bits per heavy atom. The Balaban J connectivity index is 1.59. The number of alkyl halides is 3. The zero-order valence-corrected chi connectivity index (χ0v) is 18.3. The second kappa shape index (κ2) is 9.79. The van der Waals surface area contributed by atoms with Crippen LogP contribution >= 0.6 is 0 Å². The summed E-state index contributed by atoms with van der Waals surface area (Å²) in [6.07, 6.45) is -5.96. The van der Waals surface area contributed by atoms with Crippen molar-refractivity contribution in [2.75, 3.05) is 13.2 Å². The minimum absolute atomic E-state index is 0.0227. The van der Waals surface area contributed by atoms with Crippen molar-refractivity contribution in [3.05, 3.63) is 76.4 Å². The fraction of sp³-hybridized carbons (Fsp3) is 0.240. The van der Waals surface area contributed by atoms with Gasteiger partial charge < -0.3 is 14.2 Å². The lowest BCUT2D eigenvalue weighted by molar-refractivity contribution is -0.202. The van der Waals surface area contributed by atoms with E-state index < -0.39 is 52.8 Å². The molecule has 4 rings (SSSR count). The predicted molar refractivity (Wildman–Crippen MR) is 112 cm³/mol. The van der Waals surface area contributed by atoms with E-state index in [2.05, 4.69) is 0 Å². The van der Waals surface area contributed by atoms with E-state index in [0.717, 1.165) is 36.3 Å². The summed E-state index contributed by atoms with van der Waals surface area (Å²) in [5.74, 6) is -4.66. The molecule has 0 unspecified atom stereocenters. The summed E-state index contributed by atoms with van der Waals surface area (Å²) in [5.41, 5.74) is -2.08. The summed E-state index contributed by atoms with van der Waals surface area (Å²) in [4.78, 5) is 12.5. The van der Waals surface area contributed by atoms with Gasteiger partial charge in [-0.05, 0) is 41.8 Å². The second-order valence-electron chi connectivity index (χ2n) is 8.03. The number of hydrogen-bond acceptors (Lipinski definition) is 4. The van der Waals surface area contributed by atoms with Crippen LogP contribution in [0.25, 0.3) is 10.8 Å². The number of carbonyl (C=O) groups is 1. The number of carbonyl (C=O) groups excluding carboxylic acids is 1. The number of halogens is 7. The third kappa shape index (κ3) is 5.45. The van der Waals surface area contributed by atoms with Gasteiger partial charge in [0.2, 0.25) is 0 Å². The van der Waals surface area contributed by atoms with Crippen LogP contribution < -0.4 is 4.74 Å². The van der Waals surface area contributed by atoms with E-state index in [9.17, 15) is 35.5 Å². The highest BCUT2D eigenvalue weighted by Gasteiger charge is 2.27. The molecule has 3 aromatic carbocycles. The number of hydrogen-bond donors (Lipinski definition) is 0. The molecule has 3 aromatic rings. The van der Waals surface area contributed by atoms with Crippen molar-refractivity contribution < 1.29 is 49.7 Å². The zero-order chi connectivity index (χ0) is 26.2. The van der Waals surface area contributed by atoms with Crippen LogP contribution in [0.4, 0.5) is 30.7 Å². The molecule has 11 heteroatoms. The van der Waals surface area contributed by atoms with Crippen molar-refractivity contribution in [2.45, 2.75) is 19.4 Å². The summed E-state index contributed by atoms with van der Waals surface area (Å²) in [5, 5.41) is -0.504. The molecular weight excluding hydrogens is 497 g/mol. The number of rotatable bonds is 3. The maximum atomic E-state index is 14.6. The molecule has 0 saturated carbocycles. The first-order valence-corrected chi connectivity index (χ1v) is 10.4. The molecule has 0 radical (unpaired) electrons. The molecule has 1 aliphatic heterocycles.